The minimum Gasteiger partial charge on any atom is -0.466 e. The van der Waals surface area contributed by atoms with Crippen molar-refractivity contribution < 1.29 is 29.0 Å². The number of fused-ring (bicyclic) bond motifs is 1. The van der Waals surface area contributed by atoms with Crippen molar-refractivity contribution in [1.82, 2.24) is 4.90 Å². The zero-order chi connectivity index (χ0) is 26.9. The predicted molar refractivity (Wildman–Crippen MR) is 140 cm³/mol. The summed E-state index contributed by atoms with van der Waals surface area (Å²) in [6.07, 6.45) is 2.24. The lowest BCUT2D eigenvalue weighted by Gasteiger charge is -2.38. The Labute approximate surface area is 219 Å². The molecule has 9 nitrogen and oxygen atoms in total. The molecule has 3 fully saturated rings. The van der Waals surface area contributed by atoms with E-state index in [-0.39, 0.29) is 31.6 Å². The first-order valence-electron chi connectivity index (χ1n) is 13.3. The van der Waals surface area contributed by atoms with Crippen LogP contribution in [-0.4, -0.2) is 84.4 Å². The summed E-state index contributed by atoms with van der Waals surface area (Å²) in [5, 5.41) is 10.0. The van der Waals surface area contributed by atoms with E-state index in [2.05, 4.69) is 25.3 Å². The first-order chi connectivity index (χ1) is 17.8. The standard InChI is InChI=1S/C28H39N3O6/c1-6-16-30(20-12-10-19(11-13-20)29(7-2)8-3)26(34)24-28-15-14-21(37-28)22(27(35)36-9-4)23(28)25(33)31(24)18(5)17-32/h6,10-13,18,21-24,32H,1,7-9,14-17H2,2-5H3/t18-,21-,22+,23+,24-,28+/m1/s1. The minimum absolute atomic E-state index is 0.200. The normalized spacial score (nSPS) is 28.7. The third kappa shape index (κ3) is 4.32. The van der Waals surface area contributed by atoms with Crippen molar-refractivity contribution in [3.05, 3.63) is 36.9 Å². The molecule has 0 unspecified atom stereocenters. The molecule has 0 aliphatic carbocycles. The van der Waals surface area contributed by atoms with Crippen molar-refractivity contribution in [3.63, 3.8) is 0 Å². The molecule has 3 aliphatic rings. The van der Waals surface area contributed by atoms with Crippen LogP contribution in [0.15, 0.2) is 36.9 Å². The number of likely N-dealkylation sites (tertiary alicyclic amines) is 1. The maximum absolute atomic E-state index is 14.4. The number of aliphatic hydroxyl groups excluding tert-OH is 1. The van der Waals surface area contributed by atoms with E-state index >= 15 is 0 Å². The lowest BCUT2D eigenvalue weighted by Crippen LogP contribution is -2.58. The van der Waals surface area contributed by atoms with Crippen molar-refractivity contribution in [2.24, 2.45) is 11.8 Å². The molecule has 3 heterocycles. The van der Waals surface area contributed by atoms with Gasteiger partial charge in [0.15, 0.2) is 0 Å². The van der Waals surface area contributed by atoms with Gasteiger partial charge in [0.2, 0.25) is 5.91 Å². The van der Waals surface area contributed by atoms with Crippen LogP contribution < -0.4 is 9.80 Å². The van der Waals surface area contributed by atoms with Crippen LogP contribution in [0.1, 0.15) is 40.5 Å². The molecule has 1 N–H and O–H groups in total. The van der Waals surface area contributed by atoms with Crippen LogP contribution in [0, 0.1) is 11.8 Å². The van der Waals surface area contributed by atoms with Gasteiger partial charge in [-0.05, 0) is 64.8 Å². The first-order valence-corrected chi connectivity index (χ1v) is 13.3. The number of aliphatic hydroxyl groups is 1. The lowest BCUT2D eigenvalue weighted by atomic mass is 9.70. The van der Waals surface area contributed by atoms with E-state index in [4.69, 9.17) is 9.47 Å². The van der Waals surface area contributed by atoms with Gasteiger partial charge >= 0.3 is 5.97 Å². The molecule has 9 heteroatoms. The number of rotatable bonds is 11. The van der Waals surface area contributed by atoms with Gasteiger partial charge < -0.3 is 29.3 Å². The minimum atomic E-state index is -1.14. The lowest BCUT2D eigenvalue weighted by molar-refractivity contribution is -0.155. The summed E-state index contributed by atoms with van der Waals surface area (Å²) in [6.45, 7) is 13.3. The SMILES string of the molecule is C=CCN(C(=O)[C@H]1N([C@H](C)CO)C(=O)[C@@H]2[C@@H](C(=O)OCC)[C@H]3CC[C@]21O3)c1ccc(N(CC)CC)cc1. The highest BCUT2D eigenvalue weighted by Crippen LogP contribution is 2.59. The van der Waals surface area contributed by atoms with E-state index in [0.29, 0.717) is 18.5 Å². The van der Waals surface area contributed by atoms with E-state index in [1.54, 1.807) is 24.8 Å². The zero-order valence-corrected chi connectivity index (χ0v) is 22.3. The maximum Gasteiger partial charge on any atom is 0.312 e. The summed E-state index contributed by atoms with van der Waals surface area (Å²) in [4.78, 5) is 46.4. The molecule has 0 aromatic heterocycles. The number of anilines is 2. The van der Waals surface area contributed by atoms with Gasteiger partial charge in [0.1, 0.15) is 11.6 Å². The number of carbonyl (C=O) groups is 3. The first kappa shape index (κ1) is 27.1. The van der Waals surface area contributed by atoms with Crippen LogP contribution in [0.3, 0.4) is 0 Å². The molecule has 37 heavy (non-hydrogen) atoms. The fourth-order valence-electron chi connectivity index (χ4n) is 6.47. The van der Waals surface area contributed by atoms with Crippen LogP contribution in [0.25, 0.3) is 0 Å². The fraction of sp³-hybridized carbons (Fsp3) is 0.607. The smallest absolute Gasteiger partial charge is 0.312 e. The second-order valence-corrected chi connectivity index (χ2v) is 10.0. The van der Waals surface area contributed by atoms with Crippen LogP contribution in [0.4, 0.5) is 11.4 Å². The van der Waals surface area contributed by atoms with Crippen molar-refractivity contribution in [1.29, 1.82) is 0 Å². The zero-order valence-electron chi connectivity index (χ0n) is 22.3. The van der Waals surface area contributed by atoms with Gasteiger partial charge in [0, 0.05) is 31.0 Å². The van der Waals surface area contributed by atoms with Gasteiger partial charge in [0.05, 0.1) is 37.2 Å². The molecule has 0 radical (unpaired) electrons. The van der Waals surface area contributed by atoms with Crippen molar-refractivity contribution in [2.45, 2.75) is 64.3 Å². The van der Waals surface area contributed by atoms with Gasteiger partial charge in [-0.2, -0.15) is 0 Å². The average molecular weight is 514 g/mol. The number of carbonyl (C=O) groups excluding carboxylic acids is 3. The Balaban J connectivity index is 1.74. The summed E-state index contributed by atoms with van der Waals surface area (Å²) in [6, 6.07) is 6.16. The van der Waals surface area contributed by atoms with Crippen LogP contribution in [0.2, 0.25) is 0 Å². The van der Waals surface area contributed by atoms with Crippen LogP contribution >= 0.6 is 0 Å². The van der Waals surface area contributed by atoms with Crippen LogP contribution in [-0.2, 0) is 23.9 Å². The van der Waals surface area contributed by atoms with Crippen molar-refractivity contribution >= 4 is 29.2 Å². The molecular formula is C28H39N3O6. The van der Waals surface area contributed by atoms with Crippen LogP contribution in [0.5, 0.6) is 0 Å². The average Bonchev–Trinajstić information content (AvgIpc) is 3.55. The number of hydrogen-bond donors (Lipinski definition) is 1. The second-order valence-electron chi connectivity index (χ2n) is 10.0. The van der Waals surface area contributed by atoms with E-state index in [1.165, 1.54) is 4.90 Å². The Hall–Kier alpha value is -2.91. The van der Waals surface area contributed by atoms with Gasteiger partial charge in [-0.15, -0.1) is 6.58 Å². The highest BCUT2D eigenvalue weighted by atomic mass is 16.6. The Morgan fingerprint density at radius 1 is 1.24 bits per heavy atom. The topological polar surface area (TPSA) is 99.6 Å². The molecular weight excluding hydrogens is 474 g/mol. The summed E-state index contributed by atoms with van der Waals surface area (Å²) >= 11 is 0. The third-order valence-corrected chi connectivity index (χ3v) is 8.14. The number of nitrogens with zero attached hydrogens (tertiary/aromatic N) is 3. The summed E-state index contributed by atoms with van der Waals surface area (Å²) < 4.78 is 11.7. The Bertz CT molecular complexity index is 1030. The number of esters is 1. The Morgan fingerprint density at radius 2 is 1.89 bits per heavy atom. The molecule has 1 spiro atoms. The quantitative estimate of drug-likeness (QED) is 0.358. The van der Waals surface area contributed by atoms with E-state index in [1.807, 2.05) is 24.3 Å². The highest BCUT2D eigenvalue weighted by Gasteiger charge is 2.75. The highest BCUT2D eigenvalue weighted by molar-refractivity contribution is 6.04. The second kappa shape index (κ2) is 10.8. The van der Waals surface area contributed by atoms with E-state index < -0.39 is 41.6 Å². The largest absolute Gasteiger partial charge is 0.466 e. The number of ether oxygens (including phenoxy) is 2. The molecule has 1 aromatic rings. The number of benzene rings is 1. The molecule has 2 bridgehead atoms. The summed E-state index contributed by atoms with van der Waals surface area (Å²) in [7, 11) is 0. The molecule has 1 aromatic carbocycles. The monoisotopic (exact) mass is 513 g/mol. The van der Waals surface area contributed by atoms with Gasteiger partial charge in [0.25, 0.3) is 5.91 Å². The summed E-state index contributed by atoms with van der Waals surface area (Å²) in [5.41, 5.74) is 0.597. The Morgan fingerprint density at radius 3 is 2.46 bits per heavy atom. The molecule has 3 aliphatic heterocycles. The molecule has 2 amide bonds. The number of amides is 2. The predicted octanol–water partition coefficient (Wildman–Crippen LogP) is 2.37. The van der Waals surface area contributed by atoms with Gasteiger partial charge in [-0.1, -0.05) is 6.08 Å². The number of hydrogen-bond acceptors (Lipinski definition) is 7. The third-order valence-electron chi connectivity index (χ3n) is 8.14. The van der Waals surface area contributed by atoms with Crippen molar-refractivity contribution in [2.75, 3.05) is 42.6 Å². The fourth-order valence-corrected chi connectivity index (χ4v) is 6.47. The molecule has 3 saturated heterocycles. The molecule has 202 valence electrons. The van der Waals surface area contributed by atoms with Gasteiger partial charge in [-0.3, -0.25) is 14.4 Å². The van der Waals surface area contributed by atoms with Crippen molar-refractivity contribution in [3.8, 4) is 0 Å². The van der Waals surface area contributed by atoms with E-state index in [9.17, 15) is 19.5 Å². The molecule has 6 atom stereocenters. The summed E-state index contributed by atoms with van der Waals surface area (Å²) in [5.74, 6) is -2.68. The Kier molecular flexibility index (Phi) is 7.94. The molecule has 0 saturated carbocycles. The maximum atomic E-state index is 14.4. The molecule has 4 rings (SSSR count). The van der Waals surface area contributed by atoms with E-state index in [0.717, 1.165) is 18.8 Å². The van der Waals surface area contributed by atoms with Gasteiger partial charge in [-0.25, -0.2) is 0 Å².